The Bertz CT molecular complexity index is 425. The molecule has 1 amide bonds. The van der Waals surface area contributed by atoms with E-state index in [-0.39, 0.29) is 5.91 Å². The van der Waals surface area contributed by atoms with E-state index < -0.39 is 0 Å². The molecule has 3 heteroatoms. The van der Waals surface area contributed by atoms with E-state index in [4.69, 9.17) is 0 Å². The molecule has 0 spiro atoms. The van der Waals surface area contributed by atoms with Gasteiger partial charge in [-0.3, -0.25) is 4.79 Å². The van der Waals surface area contributed by atoms with Gasteiger partial charge in [-0.2, -0.15) is 0 Å². The number of allylic oxidation sites excluding steroid dienone is 5. The third-order valence-electron chi connectivity index (χ3n) is 3.65. The first kappa shape index (κ1) is 25.1. The van der Waals surface area contributed by atoms with E-state index in [1.807, 2.05) is 6.08 Å². The van der Waals surface area contributed by atoms with Crippen molar-refractivity contribution in [2.24, 2.45) is 0 Å². The number of carbonyl (C=O) groups is 1. The van der Waals surface area contributed by atoms with Gasteiger partial charge in [-0.1, -0.05) is 63.6 Å². The quantitative estimate of drug-likeness (QED) is 0.505. The number of nitrogens with zero attached hydrogens (tertiary/aromatic N) is 1. The lowest BCUT2D eigenvalue weighted by Crippen LogP contribution is -2.46. The summed E-state index contributed by atoms with van der Waals surface area (Å²) in [4.78, 5) is 14.5. The highest BCUT2D eigenvalue weighted by Gasteiger charge is 2.24. The summed E-state index contributed by atoms with van der Waals surface area (Å²) in [5.41, 5.74) is 0.940. The second-order valence-electron chi connectivity index (χ2n) is 5.40. The molecule has 0 aromatic heterocycles. The molecule has 0 aromatic carbocycles. The summed E-state index contributed by atoms with van der Waals surface area (Å²) in [7, 11) is 0. The normalized spacial score (nSPS) is 13.9. The van der Waals surface area contributed by atoms with Crippen molar-refractivity contribution >= 4 is 5.91 Å². The molecule has 1 fully saturated rings. The molecule has 1 aliphatic heterocycles. The first-order valence-corrected chi connectivity index (χ1v) is 8.82. The fraction of sp³-hybridized carbons (Fsp3) is 0.409. The first-order valence-electron chi connectivity index (χ1n) is 8.82. The van der Waals surface area contributed by atoms with E-state index in [9.17, 15) is 4.79 Å². The molecule has 1 N–H and O–H groups in total. The Morgan fingerprint density at radius 3 is 2.04 bits per heavy atom. The van der Waals surface area contributed by atoms with Gasteiger partial charge < -0.3 is 10.2 Å². The summed E-state index contributed by atoms with van der Waals surface area (Å²) in [5.74, 6) is 0.210. The van der Waals surface area contributed by atoms with Crippen LogP contribution in [0.3, 0.4) is 0 Å². The second-order valence-corrected chi connectivity index (χ2v) is 5.40. The zero-order valence-corrected chi connectivity index (χ0v) is 16.0. The van der Waals surface area contributed by atoms with Crippen molar-refractivity contribution in [3.63, 3.8) is 0 Å². The van der Waals surface area contributed by atoms with Crippen molar-refractivity contribution in [1.29, 1.82) is 0 Å². The van der Waals surface area contributed by atoms with Crippen molar-refractivity contribution in [2.45, 2.75) is 38.6 Å². The first-order chi connectivity index (χ1) is 12.1. The highest BCUT2D eigenvalue weighted by Crippen LogP contribution is 2.16. The van der Waals surface area contributed by atoms with Crippen LogP contribution in [-0.4, -0.2) is 36.5 Å². The number of hydrogen-bond donors (Lipinski definition) is 1. The van der Waals surface area contributed by atoms with Crippen LogP contribution in [0.5, 0.6) is 0 Å². The van der Waals surface area contributed by atoms with Gasteiger partial charge in [-0.05, 0) is 37.9 Å². The van der Waals surface area contributed by atoms with Crippen LogP contribution in [0.25, 0.3) is 0 Å². The van der Waals surface area contributed by atoms with Crippen LogP contribution in [0, 0.1) is 0 Å². The maximum atomic E-state index is 12.5. The predicted octanol–water partition coefficient (Wildman–Crippen LogP) is 4.83. The lowest BCUT2D eigenvalue weighted by molar-refractivity contribution is -0.133. The van der Waals surface area contributed by atoms with Gasteiger partial charge in [0.05, 0.1) is 6.42 Å². The molecule has 0 aromatic rings. The van der Waals surface area contributed by atoms with E-state index in [2.05, 4.69) is 56.6 Å². The Morgan fingerprint density at radius 1 is 1.08 bits per heavy atom. The smallest absolute Gasteiger partial charge is 0.227 e. The van der Waals surface area contributed by atoms with Gasteiger partial charge in [0.1, 0.15) is 0 Å². The lowest BCUT2D eigenvalue weighted by Gasteiger charge is -2.34. The number of hydrogen-bond acceptors (Lipinski definition) is 2. The topological polar surface area (TPSA) is 32.3 Å². The number of carbonyl (C=O) groups excluding carboxylic acids is 1. The molecule has 0 atom stereocenters. The number of amides is 1. The summed E-state index contributed by atoms with van der Waals surface area (Å²) in [6, 6.07) is 0.392. The van der Waals surface area contributed by atoms with Gasteiger partial charge in [0.15, 0.2) is 0 Å². The molecule has 0 bridgehead atoms. The van der Waals surface area contributed by atoms with E-state index >= 15 is 0 Å². The minimum atomic E-state index is 0.210. The van der Waals surface area contributed by atoms with Gasteiger partial charge in [-0.15, -0.1) is 13.2 Å². The molecule has 1 rings (SSSR count). The molecule has 0 unspecified atom stereocenters. The Hall–Kier alpha value is -2.13. The van der Waals surface area contributed by atoms with Crippen LogP contribution in [0.4, 0.5) is 0 Å². The van der Waals surface area contributed by atoms with Gasteiger partial charge in [-0.25, -0.2) is 0 Å². The Balaban J connectivity index is 0. The number of piperidine rings is 1. The summed E-state index contributed by atoms with van der Waals surface area (Å²) < 4.78 is 0. The van der Waals surface area contributed by atoms with E-state index in [1.165, 1.54) is 0 Å². The number of rotatable bonds is 8. The molecule has 0 radical (unpaired) electrons. The molecule has 1 saturated heterocycles. The van der Waals surface area contributed by atoms with Crippen LogP contribution < -0.4 is 5.32 Å². The van der Waals surface area contributed by atoms with Crippen molar-refractivity contribution in [3.8, 4) is 0 Å². The van der Waals surface area contributed by atoms with Crippen LogP contribution in [0.2, 0.25) is 0 Å². The van der Waals surface area contributed by atoms with E-state index in [0.29, 0.717) is 12.5 Å². The van der Waals surface area contributed by atoms with Crippen molar-refractivity contribution in [1.82, 2.24) is 10.2 Å². The summed E-state index contributed by atoms with van der Waals surface area (Å²) in [5, 5.41) is 3.34. The third-order valence-corrected chi connectivity index (χ3v) is 3.65. The zero-order valence-electron chi connectivity index (χ0n) is 16.0. The molecular formula is C22H36N2O. The minimum Gasteiger partial charge on any atom is -0.339 e. The van der Waals surface area contributed by atoms with Gasteiger partial charge >= 0.3 is 0 Å². The Morgan fingerprint density at radius 2 is 1.64 bits per heavy atom. The molecule has 1 heterocycles. The highest BCUT2D eigenvalue weighted by atomic mass is 16.2. The van der Waals surface area contributed by atoms with Crippen LogP contribution in [-0.2, 0) is 4.79 Å². The maximum absolute atomic E-state index is 12.5. The average Bonchev–Trinajstić information content (AvgIpc) is 2.68. The van der Waals surface area contributed by atoms with Crippen molar-refractivity contribution in [3.05, 3.63) is 75.4 Å². The standard InChI is InChI=1S/C16H26N2O.C4H6.C2H4/c1-4-7-14(6-3)13-16(19)18(12-5-2)15-8-10-17-11-9-15;1-3-4-2;1-2/h4,6-7,15,17H,1,3,5,8-13H2,2H3;3-4H,1-2H2;1-2H2/b14-7+;;. The third kappa shape index (κ3) is 12.0. The molecule has 140 valence electrons. The van der Waals surface area contributed by atoms with Gasteiger partial charge in [0.25, 0.3) is 0 Å². The monoisotopic (exact) mass is 344 g/mol. The van der Waals surface area contributed by atoms with Crippen molar-refractivity contribution in [2.75, 3.05) is 19.6 Å². The maximum Gasteiger partial charge on any atom is 0.227 e. The largest absolute Gasteiger partial charge is 0.339 e. The lowest BCUT2D eigenvalue weighted by atomic mass is 10.0. The number of nitrogens with one attached hydrogen (secondary N) is 1. The van der Waals surface area contributed by atoms with Crippen LogP contribution in [0.1, 0.15) is 32.6 Å². The van der Waals surface area contributed by atoms with Crippen LogP contribution >= 0.6 is 0 Å². The van der Waals surface area contributed by atoms with E-state index in [1.54, 1.807) is 24.3 Å². The zero-order chi connectivity index (χ0) is 19.5. The molecule has 3 nitrogen and oxygen atoms in total. The second kappa shape index (κ2) is 18.2. The summed E-state index contributed by atoms with van der Waals surface area (Å²) in [6.45, 7) is 25.1. The van der Waals surface area contributed by atoms with Gasteiger partial charge in [0, 0.05) is 12.6 Å². The average molecular weight is 345 g/mol. The van der Waals surface area contributed by atoms with Gasteiger partial charge in [0.2, 0.25) is 5.91 Å². The molecular weight excluding hydrogens is 308 g/mol. The predicted molar refractivity (Wildman–Crippen MR) is 113 cm³/mol. The molecule has 1 aliphatic rings. The fourth-order valence-corrected chi connectivity index (χ4v) is 2.50. The summed E-state index contributed by atoms with van der Waals surface area (Å²) in [6.07, 6.45) is 12.1. The van der Waals surface area contributed by atoms with Crippen LogP contribution in [0.15, 0.2) is 75.4 Å². The van der Waals surface area contributed by atoms with E-state index in [0.717, 1.165) is 44.5 Å². The molecule has 0 aliphatic carbocycles. The molecule has 25 heavy (non-hydrogen) atoms. The Labute approximate surface area is 155 Å². The minimum absolute atomic E-state index is 0.210. The fourth-order valence-electron chi connectivity index (χ4n) is 2.50. The highest BCUT2D eigenvalue weighted by molar-refractivity contribution is 5.79. The van der Waals surface area contributed by atoms with Crippen molar-refractivity contribution < 1.29 is 4.79 Å². The summed E-state index contributed by atoms with van der Waals surface area (Å²) >= 11 is 0. The Kier molecular flexibility index (Phi) is 18.3. The molecule has 0 saturated carbocycles. The SMILES string of the molecule is C=C.C=C/C=C(\C=C)CC(=O)N(CCC)C1CCNCC1.C=CC=C.